The van der Waals surface area contributed by atoms with Gasteiger partial charge in [-0.15, -0.1) is 0 Å². The van der Waals surface area contributed by atoms with Gasteiger partial charge in [0.05, 0.1) is 17.7 Å². The summed E-state index contributed by atoms with van der Waals surface area (Å²) in [4.78, 5) is 51.8. The van der Waals surface area contributed by atoms with E-state index in [1.807, 2.05) is 0 Å². The number of carbonyl (C=O) groups excluding carboxylic acids is 4. The molecule has 0 aromatic heterocycles. The summed E-state index contributed by atoms with van der Waals surface area (Å²) in [5.41, 5.74) is -0.282. The van der Waals surface area contributed by atoms with Crippen molar-refractivity contribution in [2.24, 2.45) is 0 Å². The normalized spacial score (nSPS) is 13.3. The maximum atomic E-state index is 12.0. The number of amides is 3. The van der Waals surface area contributed by atoms with Crippen LogP contribution in [0.4, 0.5) is 9.59 Å². The summed E-state index contributed by atoms with van der Waals surface area (Å²) in [5, 5.41) is 2.87. The molecule has 2 rings (SSSR count). The van der Waals surface area contributed by atoms with Gasteiger partial charge in [0.1, 0.15) is 5.60 Å². The molecule has 3 amide bonds. The highest BCUT2D eigenvalue weighted by Gasteiger charge is 2.39. The van der Waals surface area contributed by atoms with Gasteiger partial charge in [0, 0.05) is 6.54 Å². The summed E-state index contributed by atoms with van der Waals surface area (Å²) in [7, 11) is 0. The maximum absolute atomic E-state index is 12.0. The Kier molecular flexibility index (Phi) is 5.81. The molecular formula is C17H20N2O7. The zero-order valence-electron chi connectivity index (χ0n) is 14.7. The number of ether oxygens (including phenoxy) is 2. The van der Waals surface area contributed by atoms with Gasteiger partial charge >= 0.3 is 12.2 Å². The highest BCUT2D eigenvalue weighted by molar-refractivity contribution is 6.20. The van der Waals surface area contributed by atoms with E-state index in [4.69, 9.17) is 9.47 Å². The molecular weight excluding hydrogens is 344 g/mol. The largest absolute Gasteiger partial charge is 0.533 e. The van der Waals surface area contributed by atoms with Crippen molar-refractivity contribution in [1.29, 1.82) is 0 Å². The zero-order valence-corrected chi connectivity index (χ0v) is 14.7. The molecule has 26 heavy (non-hydrogen) atoms. The molecule has 0 saturated carbocycles. The van der Waals surface area contributed by atoms with E-state index in [0.717, 1.165) is 0 Å². The highest BCUT2D eigenvalue weighted by Crippen LogP contribution is 2.22. The summed E-state index contributed by atoms with van der Waals surface area (Å²) in [6.45, 7) is 5.37. The van der Waals surface area contributed by atoms with Gasteiger partial charge in [-0.2, -0.15) is 0 Å². The molecule has 0 bridgehead atoms. The molecule has 1 heterocycles. The topological polar surface area (TPSA) is 111 Å². The molecule has 0 aliphatic carbocycles. The first-order chi connectivity index (χ1) is 12.2. The van der Waals surface area contributed by atoms with Gasteiger partial charge in [-0.1, -0.05) is 17.2 Å². The minimum Gasteiger partial charge on any atom is -0.444 e. The number of rotatable bonds is 5. The van der Waals surface area contributed by atoms with Gasteiger partial charge < -0.3 is 14.8 Å². The third kappa shape index (κ3) is 4.95. The van der Waals surface area contributed by atoms with E-state index >= 15 is 0 Å². The average Bonchev–Trinajstić information content (AvgIpc) is 2.78. The second-order valence-electron chi connectivity index (χ2n) is 6.42. The lowest BCUT2D eigenvalue weighted by Gasteiger charge is -2.19. The number of hydrogen-bond donors (Lipinski definition) is 1. The van der Waals surface area contributed by atoms with Crippen LogP contribution in [-0.2, 0) is 14.3 Å². The van der Waals surface area contributed by atoms with Crippen LogP contribution in [0, 0.1) is 0 Å². The van der Waals surface area contributed by atoms with Crippen molar-refractivity contribution in [2.75, 3.05) is 13.2 Å². The molecule has 1 aromatic carbocycles. The van der Waals surface area contributed by atoms with Crippen molar-refractivity contribution in [2.45, 2.75) is 32.8 Å². The Labute approximate surface area is 150 Å². The number of nitrogens with one attached hydrogen (secondary N) is 1. The molecule has 1 aliphatic heterocycles. The number of alkyl carbamates (subject to hydrolysis) is 1. The summed E-state index contributed by atoms with van der Waals surface area (Å²) in [6, 6.07) is 6.13. The zero-order chi connectivity index (χ0) is 19.3. The van der Waals surface area contributed by atoms with E-state index in [-0.39, 0.29) is 24.3 Å². The molecule has 0 saturated heterocycles. The Morgan fingerprint density at radius 1 is 1.08 bits per heavy atom. The van der Waals surface area contributed by atoms with E-state index in [9.17, 15) is 19.2 Å². The van der Waals surface area contributed by atoms with E-state index in [2.05, 4.69) is 10.2 Å². The Balaban J connectivity index is 1.70. The van der Waals surface area contributed by atoms with E-state index in [0.29, 0.717) is 11.5 Å². The number of benzene rings is 1. The highest BCUT2D eigenvalue weighted by atomic mass is 16.8. The summed E-state index contributed by atoms with van der Waals surface area (Å²) in [6.07, 6.45) is -1.46. The smallest absolute Gasteiger partial charge is 0.444 e. The first-order valence-corrected chi connectivity index (χ1v) is 7.98. The van der Waals surface area contributed by atoms with Crippen LogP contribution in [0.3, 0.4) is 0 Å². The fourth-order valence-corrected chi connectivity index (χ4v) is 2.08. The van der Waals surface area contributed by atoms with Crippen molar-refractivity contribution in [1.82, 2.24) is 10.4 Å². The van der Waals surface area contributed by atoms with Gasteiger partial charge in [0.15, 0.2) is 0 Å². The summed E-state index contributed by atoms with van der Waals surface area (Å²) >= 11 is 0. The fourth-order valence-electron chi connectivity index (χ4n) is 2.08. The molecule has 0 unspecified atom stereocenters. The lowest BCUT2D eigenvalue weighted by Crippen LogP contribution is -2.34. The number of carbonyl (C=O) groups is 4. The molecule has 9 nitrogen and oxygen atoms in total. The summed E-state index contributed by atoms with van der Waals surface area (Å²) in [5.74, 6) is -1.46. The molecule has 0 spiro atoms. The third-order valence-corrected chi connectivity index (χ3v) is 3.13. The quantitative estimate of drug-likeness (QED) is 0.484. The Hall–Kier alpha value is -3.10. The Morgan fingerprint density at radius 2 is 1.65 bits per heavy atom. The van der Waals surface area contributed by atoms with Crippen molar-refractivity contribution in [3.8, 4) is 0 Å². The van der Waals surface area contributed by atoms with Gasteiger partial charge in [-0.25, -0.2) is 9.59 Å². The standard InChI is InChI=1S/C17H20N2O7/c1-17(2,3)25-15(22)18-9-6-10-24-16(23)26-19-13(20)11-7-4-5-8-12(11)14(19)21/h4-5,7-8H,6,9-10H2,1-3H3,(H,18,22). The van der Waals surface area contributed by atoms with Crippen molar-refractivity contribution >= 4 is 24.1 Å². The second kappa shape index (κ2) is 7.85. The third-order valence-electron chi connectivity index (χ3n) is 3.13. The van der Waals surface area contributed by atoms with Crippen LogP contribution in [0.1, 0.15) is 47.9 Å². The molecule has 9 heteroatoms. The lowest BCUT2D eigenvalue weighted by molar-refractivity contribution is -0.0741. The second-order valence-corrected chi connectivity index (χ2v) is 6.42. The fraction of sp³-hybridized carbons (Fsp3) is 0.412. The minimum atomic E-state index is -1.18. The van der Waals surface area contributed by atoms with Gasteiger partial charge in [0.2, 0.25) is 0 Å². The van der Waals surface area contributed by atoms with Crippen LogP contribution in [0.15, 0.2) is 24.3 Å². The predicted molar refractivity (Wildman–Crippen MR) is 88.2 cm³/mol. The Morgan fingerprint density at radius 3 is 2.19 bits per heavy atom. The predicted octanol–water partition coefficient (Wildman–Crippen LogP) is 2.27. The number of nitrogens with zero attached hydrogens (tertiary/aromatic N) is 1. The first-order valence-electron chi connectivity index (χ1n) is 7.98. The molecule has 0 atom stereocenters. The van der Waals surface area contributed by atoms with Crippen molar-refractivity contribution < 1.29 is 33.5 Å². The van der Waals surface area contributed by atoms with E-state index < -0.39 is 29.7 Å². The SMILES string of the molecule is CC(C)(C)OC(=O)NCCCOC(=O)ON1C(=O)c2ccccc2C1=O. The number of hydrogen-bond acceptors (Lipinski definition) is 7. The molecule has 140 valence electrons. The molecule has 1 aromatic rings. The van der Waals surface area contributed by atoms with Crippen LogP contribution in [0.2, 0.25) is 0 Å². The molecule has 0 radical (unpaired) electrons. The van der Waals surface area contributed by atoms with Gasteiger partial charge in [0.25, 0.3) is 11.8 Å². The molecule has 0 fully saturated rings. The van der Waals surface area contributed by atoms with Crippen LogP contribution in [-0.4, -0.2) is 47.9 Å². The van der Waals surface area contributed by atoms with Crippen LogP contribution >= 0.6 is 0 Å². The van der Waals surface area contributed by atoms with E-state index in [1.54, 1.807) is 32.9 Å². The van der Waals surface area contributed by atoms with Gasteiger partial charge in [-0.3, -0.25) is 14.4 Å². The number of imide groups is 1. The van der Waals surface area contributed by atoms with Crippen LogP contribution in [0.5, 0.6) is 0 Å². The first kappa shape index (κ1) is 19.2. The van der Waals surface area contributed by atoms with Crippen molar-refractivity contribution in [3.05, 3.63) is 35.4 Å². The molecule has 1 N–H and O–H groups in total. The lowest BCUT2D eigenvalue weighted by atomic mass is 10.1. The summed E-state index contributed by atoms with van der Waals surface area (Å²) < 4.78 is 9.83. The minimum absolute atomic E-state index is 0.0716. The maximum Gasteiger partial charge on any atom is 0.533 e. The van der Waals surface area contributed by atoms with Crippen molar-refractivity contribution in [3.63, 3.8) is 0 Å². The number of hydroxylamine groups is 2. The monoisotopic (exact) mass is 364 g/mol. The van der Waals surface area contributed by atoms with Crippen LogP contribution in [0.25, 0.3) is 0 Å². The number of fused-ring (bicyclic) bond motifs is 1. The molecule has 1 aliphatic rings. The Bertz CT molecular complexity index is 689. The average molecular weight is 364 g/mol. The van der Waals surface area contributed by atoms with Gasteiger partial charge in [-0.05, 0) is 39.3 Å². The van der Waals surface area contributed by atoms with E-state index in [1.165, 1.54) is 12.1 Å². The van der Waals surface area contributed by atoms with Crippen LogP contribution < -0.4 is 5.32 Å².